The van der Waals surface area contributed by atoms with Crippen molar-refractivity contribution in [2.45, 2.75) is 79.1 Å². The predicted molar refractivity (Wildman–Crippen MR) is 130 cm³/mol. The molecule has 0 saturated carbocycles. The third kappa shape index (κ3) is 5.09. The lowest BCUT2D eigenvalue weighted by molar-refractivity contribution is 0.342. The Kier molecular flexibility index (Phi) is 8.42. The monoisotopic (exact) mass is 406 g/mol. The van der Waals surface area contributed by atoms with Crippen LogP contribution in [0.4, 0.5) is 0 Å². The fourth-order valence-corrected chi connectivity index (χ4v) is 4.31. The van der Waals surface area contributed by atoms with Crippen molar-refractivity contribution in [3.05, 3.63) is 47.5 Å². The van der Waals surface area contributed by atoms with E-state index in [1.165, 1.54) is 60.4 Å². The Morgan fingerprint density at radius 3 is 1.33 bits per heavy atom. The van der Waals surface area contributed by atoms with Gasteiger partial charge >= 0.3 is 0 Å². The summed E-state index contributed by atoms with van der Waals surface area (Å²) in [4.78, 5) is 0. The quantitative estimate of drug-likeness (QED) is 0.223. The highest BCUT2D eigenvalue weighted by Crippen LogP contribution is 2.43. The summed E-state index contributed by atoms with van der Waals surface area (Å²) in [5, 5.41) is 4.69. The summed E-state index contributed by atoms with van der Waals surface area (Å²) in [6.07, 6.45) is 9.76. The molecule has 0 fully saturated rings. The molecule has 0 atom stereocenters. The molecule has 3 aromatic rings. The highest BCUT2D eigenvalue weighted by Gasteiger charge is 2.17. The zero-order valence-corrected chi connectivity index (χ0v) is 19.4. The van der Waals surface area contributed by atoms with Crippen LogP contribution in [0.2, 0.25) is 0 Å². The molecule has 3 rings (SSSR count). The number of benzene rings is 3. The van der Waals surface area contributed by atoms with Gasteiger partial charge in [-0.2, -0.15) is 0 Å². The minimum atomic E-state index is 0.663. The fourth-order valence-electron chi connectivity index (χ4n) is 4.31. The number of hydrogen-bond acceptors (Lipinski definition) is 2. The van der Waals surface area contributed by atoms with E-state index in [2.05, 4.69) is 64.1 Å². The molecule has 0 N–H and O–H groups in total. The minimum Gasteiger partial charge on any atom is -0.493 e. The number of hydrogen-bond donors (Lipinski definition) is 0. The van der Waals surface area contributed by atoms with E-state index in [0.29, 0.717) is 13.2 Å². The van der Waals surface area contributed by atoms with Crippen LogP contribution in [0, 0.1) is 0 Å². The van der Waals surface area contributed by atoms with E-state index < -0.39 is 0 Å². The first-order valence-electron chi connectivity index (χ1n) is 12.0. The summed E-state index contributed by atoms with van der Waals surface area (Å²) >= 11 is 0. The maximum Gasteiger partial charge on any atom is 0.135 e. The summed E-state index contributed by atoms with van der Waals surface area (Å²) < 4.78 is 12.5. The number of rotatable bonds is 12. The maximum absolute atomic E-state index is 6.23. The standard InChI is InChI=1S/C28H38O2/c1-5-9-11-13-21-15-17-23-25(19-21)27(29-7-3)24-18-16-22(14-12-10-6-2)20-26(24)28(23)30-8-4/h15-20H,5-14H2,1-4H3. The predicted octanol–water partition coefficient (Wildman–Crippen LogP) is 8.26. The molecule has 0 saturated heterocycles. The highest BCUT2D eigenvalue weighted by molar-refractivity contribution is 6.11. The van der Waals surface area contributed by atoms with Gasteiger partial charge in [0.15, 0.2) is 0 Å². The first kappa shape index (κ1) is 22.5. The van der Waals surface area contributed by atoms with Crippen molar-refractivity contribution in [2.24, 2.45) is 0 Å². The van der Waals surface area contributed by atoms with Crippen LogP contribution in [0.5, 0.6) is 11.5 Å². The number of unbranched alkanes of at least 4 members (excludes halogenated alkanes) is 4. The minimum absolute atomic E-state index is 0.663. The first-order valence-corrected chi connectivity index (χ1v) is 12.0. The molecular formula is C28H38O2. The molecule has 0 bridgehead atoms. The topological polar surface area (TPSA) is 18.5 Å². The van der Waals surface area contributed by atoms with E-state index >= 15 is 0 Å². The molecule has 0 spiro atoms. The Morgan fingerprint density at radius 2 is 0.967 bits per heavy atom. The Bertz CT molecular complexity index is 878. The Balaban J connectivity index is 2.16. The van der Waals surface area contributed by atoms with Crippen molar-refractivity contribution in [1.29, 1.82) is 0 Å². The van der Waals surface area contributed by atoms with Crippen LogP contribution in [-0.4, -0.2) is 13.2 Å². The second kappa shape index (κ2) is 11.2. The zero-order valence-electron chi connectivity index (χ0n) is 19.4. The molecule has 0 aliphatic heterocycles. The van der Waals surface area contributed by atoms with E-state index in [1.54, 1.807) is 0 Å². The molecule has 0 radical (unpaired) electrons. The molecule has 0 unspecified atom stereocenters. The number of ether oxygens (including phenoxy) is 2. The van der Waals surface area contributed by atoms with Gasteiger partial charge in [-0.05, 0) is 62.8 Å². The van der Waals surface area contributed by atoms with Crippen molar-refractivity contribution in [1.82, 2.24) is 0 Å². The first-order chi connectivity index (χ1) is 14.7. The largest absolute Gasteiger partial charge is 0.493 e. The highest BCUT2D eigenvalue weighted by atomic mass is 16.5. The van der Waals surface area contributed by atoms with Crippen molar-refractivity contribution in [3.63, 3.8) is 0 Å². The van der Waals surface area contributed by atoms with E-state index in [-0.39, 0.29) is 0 Å². The average Bonchev–Trinajstić information content (AvgIpc) is 2.76. The van der Waals surface area contributed by atoms with Crippen molar-refractivity contribution >= 4 is 21.5 Å². The lowest BCUT2D eigenvalue weighted by Gasteiger charge is -2.18. The Hall–Kier alpha value is -2.22. The molecule has 2 heteroatoms. The van der Waals surface area contributed by atoms with Crippen LogP contribution < -0.4 is 9.47 Å². The maximum atomic E-state index is 6.23. The molecular weight excluding hydrogens is 368 g/mol. The SMILES string of the molecule is CCCCCc1ccc2c(OCC)c3cc(CCCCC)ccc3c(OCC)c2c1. The van der Waals surface area contributed by atoms with Gasteiger partial charge in [0, 0.05) is 21.5 Å². The van der Waals surface area contributed by atoms with Crippen LogP contribution >= 0.6 is 0 Å². The molecule has 0 amide bonds. The van der Waals surface area contributed by atoms with Crippen molar-refractivity contribution in [3.8, 4) is 11.5 Å². The van der Waals surface area contributed by atoms with E-state index in [1.807, 2.05) is 0 Å². The lowest BCUT2D eigenvalue weighted by Crippen LogP contribution is -2.00. The van der Waals surface area contributed by atoms with E-state index in [0.717, 1.165) is 35.1 Å². The van der Waals surface area contributed by atoms with E-state index in [4.69, 9.17) is 9.47 Å². The van der Waals surface area contributed by atoms with Crippen LogP contribution in [0.25, 0.3) is 21.5 Å². The molecule has 0 aliphatic rings. The van der Waals surface area contributed by atoms with Crippen LogP contribution in [0.15, 0.2) is 36.4 Å². The average molecular weight is 407 g/mol. The summed E-state index contributed by atoms with van der Waals surface area (Å²) in [6, 6.07) is 13.7. The van der Waals surface area contributed by atoms with Gasteiger partial charge in [-0.1, -0.05) is 63.8 Å². The van der Waals surface area contributed by atoms with Crippen LogP contribution in [-0.2, 0) is 12.8 Å². The Morgan fingerprint density at radius 1 is 0.533 bits per heavy atom. The number of fused-ring (bicyclic) bond motifs is 2. The second-order valence-corrected chi connectivity index (χ2v) is 8.20. The summed E-state index contributed by atoms with van der Waals surface area (Å²) in [5.74, 6) is 2.01. The molecule has 162 valence electrons. The molecule has 3 aromatic carbocycles. The van der Waals surface area contributed by atoms with Crippen molar-refractivity contribution in [2.75, 3.05) is 13.2 Å². The van der Waals surface area contributed by atoms with Crippen LogP contribution in [0.1, 0.15) is 77.3 Å². The summed E-state index contributed by atoms with van der Waals surface area (Å²) in [5.41, 5.74) is 2.77. The normalized spacial score (nSPS) is 11.3. The summed E-state index contributed by atoms with van der Waals surface area (Å²) in [6.45, 7) is 9.97. The molecule has 0 aliphatic carbocycles. The smallest absolute Gasteiger partial charge is 0.135 e. The van der Waals surface area contributed by atoms with Gasteiger partial charge in [-0.15, -0.1) is 0 Å². The van der Waals surface area contributed by atoms with Gasteiger partial charge in [0.1, 0.15) is 11.5 Å². The molecule has 0 aromatic heterocycles. The van der Waals surface area contributed by atoms with Gasteiger partial charge in [0.05, 0.1) is 13.2 Å². The summed E-state index contributed by atoms with van der Waals surface area (Å²) in [7, 11) is 0. The van der Waals surface area contributed by atoms with Gasteiger partial charge in [0.2, 0.25) is 0 Å². The van der Waals surface area contributed by atoms with Crippen molar-refractivity contribution < 1.29 is 9.47 Å². The third-order valence-corrected chi connectivity index (χ3v) is 5.86. The number of aryl methyl sites for hydroxylation is 2. The van der Waals surface area contributed by atoms with Gasteiger partial charge in [0.25, 0.3) is 0 Å². The van der Waals surface area contributed by atoms with Gasteiger partial charge in [-0.3, -0.25) is 0 Å². The van der Waals surface area contributed by atoms with E-state index in [9.17, 15) is 0 Å². The molecule has 30 heavy (non-hydrogen) atoms. The second-order valence-electron chi connectivity index (χ2n) is 8.20. The third-order valence-electron chi connectivity index (χ3n) is 5.86. The fraction of sp³-hybridized carbons (Fsp3) is 0.500. The van der Waals surface area contributed by atoms with Gasteiger partial charge < -0.3 is 9.47 Å². The lowest BCUT2D eigenvalue weighted by atomic mass is 9.95. The molecule has 0 heterocycles. The Labute approximate surface area is 182 Å². The zero-order chi connectivity index (χ0) is 21.3. The van der Waals surface area contributed by atoms with Crippen LogP contribution in [0.3, 0.4) is 0 Å². The van der Waals surface area contributed by atoms with Gasteiger partial charge in [-0.25, -0.2) is 0 Å². The molecule has 2 nitrogen and oxygen atoms in total.